The fourth-order valence-electron chi connectivity index (χ4n) is 3.76. The molecule has 0 amide bonds. The number of rotatable bonds is 5. The van der Waals surface area contributed by atoms with Gasteiger partial charge in [-0.15, -0.1) is 10.2 Å². The monoisotopic (exact) mass is 633 g/mol. The number of benzene rings is 3. The van der Waals surface area contributed by atoms with E-state index >= 15 is 0 Å². The highest BCUT2D eigenvalue weighted by molar-refractivity contribution is 9.10. The normalized spacial score (nSPS) is 11.5. The van der Waals surface area contributed by atoms with E-state index in [4.69, 9.17) is 49.6 Å². The van der Waals surface area contributed by atoms with Crippen molar-refractivity contribution in [3.05, 3.63) is 91.6 Å². The van der Waals surface area contributed by atoms with Crippen molar-refractivity contribution < 1.29 is 9.13 Å². The van der Waals surface area contributed by atoms with Gasteiger partial charge in [-0.25, -0.2) is 9.37 Å². The fraction of sp³-hybridized carbons (Fsp3) is 0.0400. The first-order chi connectivity index (χ1) is 17.9. The van der Waals surface area contributed by atoms with Gasteiger partial charge >= 0.3 is 6.01 Å². The number of aromatic nitrogens is 5. The molecule has 37 heavy (non-hydrogen) atoms. The van der Waals surface area contributed by atoms with Crippen molar-refractivity contribution in [1.82, 2.24) is 24.8 Å². The average Bonchev–Trinajstić information content (AvgIpc) is 3.47. The Kier molecular flexibility index (Phi) is 6.50. The van der Waals surface area contributed by atoms with E-state index in [0.717, 1.165) is 21.0 Å². The van der Waals surface area contributed by atoms with E-state index in [1.165, 1.54) is 23.5 Å². The van der Waals surface area contributed by atoms with Crippen LogP contribution in [0.5, 0.6) is 6.01 Å². The third-order valence-corrected chi connectivity index (χ3v) is 7.81. The number of pyridine rings is 1. The lowest BCUT2D eigenvalue weighted by molar-refractivity contribution is 0.274. The molecule has 0 atom stereocenters. The number of halogens is 5. The van der Waals surface area contributed by atoms with Crippen molar-refractivity contribution in [2.45, 2.75) is 6.61 Å². The zero-order valence-electron chi connectivity index (χ0n) is 18.4. The van der Waals surface area contributed by atoms with Crippen molar-refractivity contribution in [2.75, 3.05) is 0 Å². The molecule has 0 bridgehead atoms. The summed E-state index contributed by atoms with van der Waals surface area (Å²) in [6.07, 6.45) is 0. The van der Waals surface area contributed by atoms with Gasteiger partial charge in [-0.3, -0.25) is 0 Å². The Bertz CT molecular complexity index is 1810. The molecule has 0 spiro atoms. The Labute approximate surface area is 236 Å². The van der Waals surface area contributed by atoms with Crippen LogP contribution in [0, 0.1) is 5.82 Å². The molecule has 3 aromatic heterocycles. The first-order valence-electron chi connectivity index (χ1n) is 10.7. The molecule has 3 heterocycles. The van der Waals surface area contributed by atoms with Gasteiger partial charge < -0.3 is 4.74 Å². The maximum atomic E-state index is 14.3. The molecular weight excluding hydrogens is 624 g/mol. The van der Waals surface area contributed by atoms with Crippen LogP contribution in [0.25, 0.3) is 37.7 Å². The van der Waals surface area contributed by atoms with E-state index in [9.17, 15) is 4.39 Å². The van der Waals surface area contributed by atoms with Crippen LogP contribution in [-0.4, -0.2) is 24.8 Å². The maximum Gasteiger partial charge on any atom is 0.340 e. The lowest BCUT2D eigenvalue weighted by atomic mass is 10.0. The SMILES string of the molecule is Fc1cc(-c2cc(-c3nn4c(OCc5ccc(Cl)cc5)nnc4s3)c3cc(Br)ccc3n2)c(Cl)cc1Cl. The lowest BCUT2D eigenvalue weighted by Gasteiger charge is -2.10. The van der Waals surface area contributed by atoms with Gasteiger partial charge in [-0.2, -0.15) is 4.52 Å². The second kappa shape index (κ2) is 9.81. The van der Waals surface area contributed by atoms with Crippen LogP contribution in [-0.2, 0) is 6.61 Å². The maximum absolute atomic E-state index is 14.3. The molecule has 0 N–H and O–H groups in total. The number of nitrogens with zero attached hydrogens (tertiary/aromatic N) is 5. The molecule has 184 valence electrons. The van der Waals surface area contributed by atoms with Gasteiger partial charge in [0.05, 0.1) is 21.3 Å². The third-order valence-electron chi connectivity index (χ3n) is 5.53. The van der Waals surface area contributed by atoms with Crippen LogP contribution in [0.3, 0.4) is 0 Å². The topological polar surface area (TPSA) is 65.2 Å². The number of ether oxygens (including phenoxy) is 1. The van der Waals surface area contributed by atoms with Gasteiger partial charge in [0.25, 0.3) is 0 Å². The van der Waals surface area contributed by atoms with Gasteiger partial charge in [-0.1, -0.05) is 79.3 Å². The van der Waals surface area contributed by atoms with E-state index < -0.39 is 5.82 Å². The highest BCUT2D eigenvalue weighted by atomic mass is 79.9. The molecule has 0 aliphatic carbocycles. The third kappa shape index (κ3) is 4.78. The molecule has 0 fully saturated rings. The highest BCUT2D eigenvalue weighted by Crippen LogP contribution is 2.38. The van der Waals surface area contributed by atoms with E-state index in [1.54, 1.807) is 16.6 Å². The zero-order valence-corrected chi connectivity index (χ0v) is 23.1. The average molecular weight is 636 g/mol. The molecular formula is C25H12BrCl3FN5OS. The minimum Gasteiger partial charge on any atom is -0.457 e. The summed E-state index contributed by atoms with van der Waals surface area (Å²) in [5.74, 6) is -0.582. The van der Waals surface area contributed by atoms with Crippen LogP contribution < -0.4 is 4.74 Å². The zero-order chi connectivity index (χ0) is 25.7. The van der Waals surface area contributed by atoms with Crippen molar-refractivity contribution in [1.29, 1.82) is 0 Å². The van der Waals surface area contributed by atoms with Gasteiger partial charge in [0.15, 0.2) is 0 Å². The molecule has 12 heteroatoms. The fourth-order valence-corrected chi connectivity index (χ4v) is 5.59. The number of hydrogen-bond acceptors (Lipinski definition) is 6. The minimum absolute atomic E-state index is 0.0570. The van der Waals surface area contributed by atoms with Crippen LogP contribution in [0.4, 0.5) is 4.39 Å². The molecule has 0 unspecified atom stereocenters. The molecule has 0 saturated carbocycles. The van der Waals surface area contributed by atoms with Crippen molar-refractivity contribution in [3.8, 4) is 27.8 Å². The second-order valence-electron chi connectivity index (χ2n) is 7.96. The summed E-state index contributed by atoms with van der Waals surface area (Å²) in [7, 11) is 0. The largest absolute Gasteiger partial charge is 0.457 e. The predicted molar refractivity (Wildman–Crippen MR) is 148 cm³/mol. The summed E-state index contributed by atoms with van der Waals surface area (Å²) < 4.78 is 22.6. The molecule has 6 aromatic rings. The van der Waals surface area contributed by atoms with Gasteiger partial charge in [0, 0.05) is 26.0 Å². The van der Waals surface area contributed by atoms with Crippen LogP contribution in [0.15, 0.2) is 65.1 Å². The molecule has 0 saturated heterocycles. The molecule has 3 aromatic carbocycles. The predicted octanol–water partition coefficient (Wildman–Crippen LogP) is 8.51. The Hall–Kier alpha value is -2.82. The highest BCUT2D eigenvalue weighted by Gasteiger charge is 2.19. The first kappa shape index (κ1) is 24.5. The summed E-state index contributed by atoms with van der Waals surface area (Å²) in [6, 6.07) is 17.8. The van der Waals surface area contributed by atoms with Crippen molar-refractivity contribution in [2.24, 2.45) is 0 Å². The Morgan fingerprint density at radius 1 is 0.919 bits per heavy atom. The van der Waals surface area contributed by atoms with Gasteiger partial charge in [-0.05, 0) is 54.1 Å². The van der Waals surface area contributed by atoms with E-state index in [0.29, 0.717) is 31.8 Å². The quantitative estimate of drug-likeness (QED) is 0.178. The van der Waals surface area contributed by atoms with E-state index in [1.807, 2.05) is 36.4 Å². The smallest absolute Gasteiger partial charge is 0.340 e. The molecule has 0 aliphatic rings. The van der Waals surface area contributed by atoms with Crippen LogP contribution in [0.2, 0.25) is 15.1 Å². The Balaban J connectivity index is 1.45. The summed E-state index contributed by atoms with van der Waals surface area (Å²) in [4.78, 5) is 5.28. The van der Waals surface area contributed by atoms with Gasteiger partial charge in [0.1, 0.15) is 17.4 Å². The number of hydrogen-bond donors (Lipinski definition) is 0. The molecule has 6 rings (SSSR count). The summed E-state index contributed by atoms with van der Waals surface area (Å²) in [5, 5.41) is 15.4. The number of fused-ring (bicyclic) bond motifs is 2. The van der Waals surface area contributed by atoms with Crippen LogP contribution >= 0.6 is 62.1 Å². The molecule has 0 aliphatic heterocycles. The van der Waals surface area contributed by atoms with Crippen LogP contribution in [0.1, 0.15) is 5.56 Å². The minimum atomic E-state index is -0.582. The summed E-state index contributed by atoms with van der Waals surface area (Å²) in [5.41, 5.74) is 3.29. The molecule has 0 radical (unpaired) electrons. The second-order valence-corrected chi connectivity index (χ2v) is 11.1. The van der Waals surface area contributed by atoms with Crippen molar-refractivity contribution in [3.63, 3.8) is 0 Å². The first-order valence-corrected chi connectivity index (χ1v) is 13.4. The summed E-state index contributed by atoms with van der Waals surface area (Å²) in [6.45, 7) is 0.279. The van der Waals surface area contributed by atoms with E-state index in [2.05, 4.69) is 26.1 Å². The lowest BCUT2D eigenvalue weighted by Crippen LogP contribution is -2.00. The van der Waals surface area contributed by atoms with Crippen molar-refractivity contribution >= 4 is 77.9 Å². The summed E-state index contributed by atoms with van der Waals surface area (Å²) >= 11 is 23.2. The molecule has 6 nitrogen and oxygen atoms in total. The van der Waals surface area contributed by atoms with Gasteiger partial charge in [0.2, 0.25) is 4.96 Å². The Morgan fingerprint density at radius 2 is 1.73 bits per heavy atom. The Morgan fingerprint density at radius 3 is 2.54 bits per heavy atom. The van der Waals surface area contributed by atoms with E-state index in [-0.39, 0.29) is 22.7 Å². The standard InChI is InChI=1S/C25H12BrCl3FN5OS/c26-13-3-6-21-15(7-13)16(9-22(31-21)17-8-20(30)19(29)10-18(17)28)23-34-35-24(32-33-25(35)37-23)36-11-12-1-4-14(27)5-2-12/h1-10H,11H2.